The fourth-order valence-corrected chi connectivity index (χ4v) is 3.47. The minimum Gasteiger partial charge on any atom is -0.354 e. The van der Waals surface area contributed by atoms with Gasteiger partial charge in [0.15, 0.2) is 0 Å². The number of benzene rings is 1. The first-order chi connectivity index (χ1) is 11.8. The van der Waals surface area contributed by atoms with E-state index in [1.54, 1.807) is 12.1 Å². The van der Waals surface area contributed by atoms with Crippen molar-refractivity contribution >= 4 is 15.9 Å². The number of amides is 1. The Morgan fingerprint density at radius 2 is 1.80 bits per heavy atom. The molecule has 140 valence electrons. The molecule has 0 spiro atoms. The summed E-state index contributed by atoms with van der Waals surface area (Å²) in [5.41, 5.74) is 0.955. The number of nitrogens with zero attached hydrogens (tertiary/aromatic N) is 2. The normalized spacial score (nSPS) is 18.0. The van der Waals surface area contributed by atoms with Crippen LogP contribution >= 0.6 is 0 Å². The van der Waals surface area contributed by atoms with Crippen LogP contribution in [-0.2, 0) is 21.2 Å². The van der Waals surface area contributed by atoms with Gasteiger partial charge in [0.25, 0.3) is 0 Å². The maximum atomic E-state index is 12.3. The Hall–Kier alpha value is -1.48. The molecule has 7 nitrogen and oxygen atoms in total. The van der Waals surface area contributed by atoms with Gasteiger partial charge in [-0.15, -0.1) is 0 Å². The third-order valence-electron chi connectivity index (χ3n) is 4.75. The van der Waals surface area contributed by atoms with Crippen LogP contribution in [0.1, 0.15) is 19.4 Å². The monoisotopic (exact) mass is 368 g/mol. The van der Waals surface area contributed by atoms with Crippen LogP contribution in [0.15, 0.2) is 29.2 Å². The van der Waals surface area contributed by atoms with Crippen molar-refractivity contribution in [2.75, 3.05) is 39.3 Å². The molecule has 0 radical (unpaired) electrons. The zero-order chi connectivity index (χ0) is 18.4. The maximum Gasteiger partial charge on any atom is 0.238 e. The lowest BCUT2D eigenvalue weighted by atomic mass is 10.1. The molecule has 0 bridgehead atoms. The maximum absolute atomic E-state index is 12.3. The van der Waals surface area contributed by atoms with Gasteiger partial charge in [-0.3, -0.25) is 9.69 Å². The number of primary sulfonamides is 1. The van der Waals surface area contributed by atoms with Crippen LogP contribution in [0.5, 0.6) is 0 Å². The van der Waals surface area contributed by atoms with Gasteiger partial charge in [0, 0.05) is 32.7 Å². The topological polar surface area (TPSA) is 95.7 Å². The third kappa shape index (κ3) is 5.78. The number of hydrogen-bond donors (Lipinski definition) is 2. The molecule has 1 aliphatic heterocycles. The first-order valence-electron chi connectivity index (χ1n) is 8.67. The first-order valence-corrected chi connectivity index (χ1v) is 10.2. The molecular weight excluding hydrogens is 340 g/mol. The lowest BCUT2D eigenvalue weighted by molar-refractivity contribution is -0.126. The van der Waals surface area contributed by atoms with Crippen molar-refractivity contribution in [2.24, 2.45) is 5.14 Å². The van der Waals surface area contributed by atoms with Gasteiger partial charge < -0.3 is 10.2 Å². The van der Waals surface area contributed by atoms with Gasteiger partial charge in [0.2, 0.25) is 15.9 Å². The summed E-state index contributed by atoms with van der Waals surface area (Å²) < 4.78 is 22.5. The van der Waals surface area contributed by atoms with Gasteiger partial charge in [-0.2, -0.15) is 0 Å². The van der Waals surface area contributed by atoms with E-state index >= 15 is 0 Å². The summed E-state index contributed by atoms with van der Waals surface area (Å²) in [4.78, 5) is 17.0. The van der Waals surface area contributed by atoms with Crippen molar-refractivity contribution in [1.29, 1.82) is 0 Å². The van der Waals surface area contributed by atoms with Gasteiger partial charge in [0.1, 0.15) is 0 Å². The Labute approximate surface area is 150 Å². The molecule has 0 saturated carbocycles. The number of carbonyl (C=O) groups is 1. The molecule has 25 heavy (non-hydrogen) atoms. The Morgan fingerprint density at radius 3 is 2.32 bits per heavy atom. The Bertz CT molecular complexity index is 668. The Kier molecular flexibility index (Phi) is 6.95. The quantitative estimate of drug-likeness (QED) is 0.707. The van der Waals surface area contributed by atoms with E-state index in [1.165, 1.54) is 12.1 Å². The molecule has 0 aromatic heterocycles. The third-order valence-corrected chi connectivity index (χ3v) is 5.68. The molecule has 1 atom stereocenters. The van der Waals surface area contributed by atoms with E-state index in [2.05, 4.69) is 22.0 Å². The Morgan fingerprint density at radius 1 is 1.20 bits per heavy atom. The average Bonchev–Trinajstić information content (AvgIpc) is 2.60. The Balaban J connectivity index is 1.76. The number of hydrogen-bond acceptors (Lipinski definition) is 5. The SMILES string of the molecule is CCN1CCN(C(C)C(=O)NCCc2ccc(S(N)(=O)=O)cc2)CC1. The average molecular weight is 369 g/mol. The standard InChI is InChI=1S/C17H28N4O3S/c1-3-20-10-12-21(13-11-20)14(2)17(22)19-9-8-15-4-6-16(7-5-15)25(18,23)24/h4-7,14H,3,8-13H2,1-2H3,(H,19,22)(H2,18,23,24). The van der Waals surface area contributed by atoms with Crippen molar-refractivity contribution in [1.82, 2.24) is 15.1 Å². The van der Waals surface area contributed by atoms with Crippen molar-refractivity contribution in [3.8, 4) is 0 Å². The zero-order valence-corrected chi connectivity index (χ0v) is 15.8. The molecule has 8 heteroatoms. The molecule has 2 rings (SSSR count). The largest absolute Gasteiger partial charge is 0.354 e. The number of carbonyl (C=O) groups excluding carboxylic acids is 1. The molecule has 0 aliphatic carbocycles. The summed E-state index contributed by atoms with van der Waals surface area (Å²) in [5, 5.41) is 8.04. The van der Waals surface area contributed by atoms with Crippen molar-refractivity contribution < 1.29 is 13.2 Å². The molecule has 1 aliphatic rings. The minimum absolute atomic E-state index is 0.0334. The summed E-state index contributed by atoms with van der Waals surface area (Å²) in [6, 6.07) is 6.28. The van der Waals surface area contributed by atoms with Crippen molar-refractivity contribution in [3.05, 3.63) is 29.8 Å². The zero-order valence-electron chi connectivity index (χ0n) is 14.9. The predicted molar refractivity (Wildman–Crippen MR) is 97.7 cm³/mol. The van der Waals surface area contributed by atoms with Gasteiger partial charge >= 0.3 is 0 Å². The van der Waals surface area contributed by atoms with Crippen LogP contribution in [0.25, 0.3) is 0 Å². The molecular formula is C17H28N4O3S. The van der Waals surface area contributed by atoms with Crippen LogP contribution in [0.2, 0.25) is 0 Å². The van der Waals surface area contributed by atoms with E-state index in [9.17, 15) is 13.2 Å². The van der Waals surface area contributed by atoms with Gasteiger partial charge in [-0.25, -0.2) is 13.6 Å². The van der Waals surface area contributed by atoms with E-state index in [0.717, 1.165) is 38.3 Å². The van der Waals surface area contributed by atoms with Crippen molar-refractivity contribution in [3.63, 3.8) is 0 Å². The lowest BCUT2D eigenvalue weighted by Crippen LogP contribution is -2.53. The molecule has 1 heterocycles. The highest BCUT2D eigenvalue weighted by molar-refractivity contribution is 7.89. The predicted octanol–water partition coefficient (Wildman–Crippen LogP) is 0.0187. The second kappa shape index (κ2) is 8.75. The molecule has 1 fully saturated rings. The van der Waals surface area contributed by atoms with Gasteiger partial charge in [-0.1, -0.05) is 19.1 Å². The number of likely N-dealkylation sites (N-methyl/N-ethyl adjacent to an activating group) is 1. The summed E-state index contributed by atoms with van der Waals surface area (Å²) >= 11 is 0. The van der Waals surface area contributed by atoms with E-state index in [4.69, 9.17) is 5.14 Å². The van der Waals surface area contributed by atoms with Crippen LogP contribution in [0, 0.1) is 0 Å². The van der Waals surface area contributed by atoms with Crippen molar-refractivity contribution in [2.45, 2.75) is 31.2 Å². The molecule has 1 aromatic carbocycles. The summed E-state index contributed by atoms with van der Waals surface area (Å²) in [7, 11) is -3.66. The second-order valence-electron chi connectivity index (χ2n) is 6.38. The number of sulfonamides is 1. The minimum atomic E-state index is -3.66. The van der Waals surface area contributed by atoms with Crippen LogP contribution in [0.4, 0.5) is 0 Å². The number of nitrogens with one attached hydrogen (secondary N) is 1. The molecule has 3 N–H and O–H groups in total. The number of rotatable bonds is 7. The summed E-state index contributed by atoms with van der Waals surface area (Å²) in [6.45, 7) is 9.51. The number of nitrogens with two attached hydrogens (primary N) is 1. The van der Waals surface area contributed by atoms with Crippen LogP contribution in [-0.4, -0.2) is 69.4 Å². The fraction of sp³-hybridized carbons (Fsp3) is 0.588. The van der Waals surface area contributed by atoms with E-state index in [-0.39, 0.29) is 16.8 Å². The first kappa shape index (κ1) is 19.8. The van der Waals surface area contributed by atoms with E-state index in [0.29, 0.717) is 13.0 Å². The van der Waals surface area contributed by atoms with Gasteiger partial charge in [0.05, 0.1) is 10.9 Å². The number of piperazine rings is 1. The van der Waals surface area contributed by atoms with Crippen LogP contribution in [0.3, 0.4) is 0 Å². The smallest absolute Gasteiger partial charge is 0.238 e. The highest BCUT2D eigenvalue weighted by atomic mass is 32.2. The molecule has 1 aromatic rings. The second-order valence-corrected chi connectivity index (χ2v) is 7.94. The van der Waals surface area contributed by atoms with Crippen LogP contribution < -0.4 is 10.5 Å². The van der Waals surface area contributed by atoms with E-state index in [1.807, 2.05) is 6.92 Å². The summed E-state index contributed by atoms with van der Waals surface area (Å²) in [5.74, 6) is 0.0334. The molecule has 1 unspecified atom stereocenters. The van der Waals surface area contributed by atoms with E-state index < -0.39 is 10.0 Å². The lowest BCUT2D eigenvalue weighted by Gasteiger charge is -2.36. The highest BCUT2D eigenvalue weighted by Crippen LogP contribution is 2.09. The summed E-state index contributed by atoms with van der Waals surface area (Å²) in [6.07, 6.45) is 0.646. The molecule has 1 saturated heterocycles. The van der Waals surface area contributed by atoms with Gasteiger partial charge in [-0.05, 0) is 37.6 Å². The fourth-order valence-electron chi connectivity index (χ4n) is 2.96. The highest BCUT2D eigenvalue weighted by Gasteiger charge is 2.24. The molecule has 1 amide bonds.